The van der Waals surface area contributed by atoms with E-state index in [1.165, 1.54) is 0 Å². The van der Waals surface area contributed by atoms with Gasteiger partial charge in [0.15, 0.2) is 0 Å². The Bertz CT molecular complexity index is 490. The topological polar surface area (TPSA) is 66.4 Å². The molecule has 2 rings (SSSR count). The van der Waals surface area contributed by atoms with E-state index in [1.54, 1.807) is 18.2 Å². The minimum Gasteiger partial charge on any atom is -0.478 e. The molecule has 18 heavy (non-hydrogen) atoms. The summed E-state index contributed by atoms with van der Waals surface area (Å²) in [6.45, 7) is 3.80. The highest BCUT2D eigenvalue weighted by molar-refractivity contribution is 6.00. The van der Waals surface area contributed by atoms with Crippen molar-refractivity contribution in [2.45, 2.75) is 38.6 Å². The summed E-state index contributed by atoms with van der Waals surface area (Å²) in [6, 6.07) is 5.13. The van der Waals surface area contributed by atoms with Crippen molar-refractivity contribution in [3.63, 3.8) is 0 Å². The number of nitrogens with one attached hydrogen (secondary N) is 1. The largest absolute Gasteiger partial charge is 0.478 e. The van der Waals surface area contributed by atoms with Gasteiger partial charge in [0, 0.05) is 11.6 Å². The van der Waals surface area contributed by atoms with Crippen LogP contribution in [0.5, 0.6) is 0 Å². The van der Waals surface area contributed by atoms with E-state index >= 15 is 0 Å². The monoisotopic (exact) mass is 247 g/mol. The predicted octanol–water partition coefficient (Wildman–Crippen LogP) is 2.40. The van der Waals surface area contributed by atoms with Gasteiger partial charge >= 0.3 is 5.97 Å². The van der Waals surface area contributed by atoms with Crippen molar-refractivity contribution in [2.24, 2.45) is 0 Å². The summed E-state index contributed by atoms with van der Waals surface area (Å²) >= 11 is 0. The van der Waals surface area contributed by atoms with Crippen molar-refractivity contribution < 1.29 is 14.7 Å². The van der Waals surface area contributed by atoms with Crippen molar-refractivity contribution in [1.29, 1.82) is 0 Å². The average Bonchev–Trinajstić information content (AvgIpc) is 3.11. The molecular formula is C14H17NO3. The van der Waals surface area contributed by atoms with Crippen LogP contribution in [-0.2, 0) is 0 Å². The second-order valence-corrected chi connectivity index (χ2v) is 4.97. The first kappa shape index (κ1) is 12.6. The predicted molar refractivity (Wildman–Crippen MR) is 68.0 cm³/mol. The van der Waals surface area contributed by atoms with Gasteiger partial charge in [-0.15, -0.1) is 0 Å². The number of carboxylic acid groups (broad SMARTS) is 1. The Morgan fingerprint density at radius 2 is 1.89 bits per heavy atom. The molecule has 1 aromatic carbocycles. The molecule has 0 unspecified atom stereocenters. The highest BCUT2D eigenvalue weighted by Crippen LogP contribution is 2.26. The number of amides is 1. The van der Waals surface area contributed by atoms with Gasteiger partial charge in [0.05, 0.1) is 5.56 Å². The van der Waals surface area contributed by atoms with Crippen LogP contribution >= 0.6 is 0 Å². The zero-order chi connectivity index (χ0) is 13.3. The number of rotatable bonds is 4. The summed E-state index contributed by atoms with van der Waals surface area (Å²) in [4.78, 5) is 23.3. The van der Waals surface area contributed by atoms with Gasteiger partial charge < -0.3 is 10.4 Å². The summed E-state index contributed by atoms with van der Waals surface area (Å²) < 4.78 is 0. The zero-order valence-electron chi connectivity index (χ0n) is 10.6. The van der Waals surface area contributed by atoms with Crippen LogP contribution in [0.3, 0.4) is 0 Å². The quantitative estimate of drug-likeness (QED) is 0.858. The van der Waals surface area contributed by atoms with E-state index in [1.807, 2.05) is 13.8 Å². The number of carboxylic acids is 1. The Morgan fingerprint density at radius 3 is 2.39 bits per heavy atom. The summed E-state index contributed by atoms with van der Waals surface area (Å²) in [5.41, 5.74) is 1.31. The molecular weight excluding hydrogens is 230 g/mol. The zero-order valence-corrected chi connectivity index (χ0v) is 10.6. The Kier molecular flexibility index (Phi) is 3.36. The second kappa shape index (κ2) is 4.80. The third-order valence-corrected chi connectivity index (χ3v) is 3.07. The lowest BCUT2D eigenvalue weighted by atomic mass is 9.91. The number of hydrogen-bond donors (Lipinski definition) is 2. The molecule has 96 valence electrons. The molecule has 4 nitrogen and oxygen atoms in total. The van der Waals surface area contributed by atoms with Crippen LogP contribution in [-0.4, -0.2) is 23.0 Å². The number of carbonyl (C=O) groups excluding carboxylic acids is 1. The average molecular weight is 247 g/mol. The van der Waals surface area contributed by atoms with Gasteiger partial charge in [0.2, 0.25) is 0 Å². The molecule has 0 spiro atoms. The molecule has 1 saturated carbocycles. The molecule has 0 saturated heterocycles. The molecule has 1 aliphatic rings. The number of benzene rings is 1. The van der Waals surface area contributed by atoms with Crippen LogP contribution in [0.1, 0.15) is 58.9 Å². The molecule has 0 radical (unpaired) electrons. The van der Waals surface area contributed by atoms with E-state index in [0.717, 1.165) is 12.8 Å². The van der Waals surface area contributed by atoms with Gasteiger partial charge in [-0.05, 0) is 36.5 Å². The third kappa shape index (κ3) is 2.53. The van der Waals surface area contributed by atoms with Crippen LogP contribution in [0.15, 0.2) is 18.2 Å². The molecule has 0 bridgehead atoms. The van der Waals surface area contributed by atoms with Gasteiger partial charge in [0.25, 0.3) is 5.91 Å². The number of carbonyl (C=O) groups is 2. The molecule has 1 fully saturated rings. The fraction of sp³-hybridized carbons (Fsp3) is 0.429. The third-order valence-electron chi connectivity index (χ3n) is 3.07. The normalized spacial score (nSPS) is 14.6. The second-order valence-electron chi connectivity index (χ2n) is 4.97. The first-order valence-corrected chi connectivity index (χ1v) is 6.17. The van der Waals surface area contributed by atoms with Crippen LogP contribution in [0.4, 0.5) is 0 Å². The fourth-order valence-electron chi connectivity index (χ4n) is 2.06. The van der Waals surface area contributed by atoms with Gasteiger partial charge in [-0.1, -0.05) is 19.9 Å². The summed E-state index contributed by atoms with van der Waals surface area (Å²) in [7, 11) is 0. The maximum Gasteiger partial charge on any atom is 0.335 e. The molecule has 2 N–H and O–H groups in total. The van der Waals surface area contributed by atoms with Crippen LogP contribution in [0.25, 0.3) is 0 Å². The number of hydrogen-bond acceptors (Lipinski definition) is 2. The standard InChI is InChI=1S/C14H17NO3/c1-8(2)12-10(13(16)15-9-6-7-9)4-3-5-11(12)14(17)18/h3-5,8-9H,6-7H2,1-2H3,(H,15,16)(H,17,18). The molecule has 0 aromatic heterocycles. The van der Waals surface area contributed by atoms with Gasteiger partial charge in [-0.25, -0.2) is 4.79 Å². The molecule has 0 heterocycles. The maximum absolute atomic E-state index is 12.1. The highest BCUT2D eigenvalue weighted by Gasteiger charge is 2.26. The minimum absolute atomic E-state index is 0.00254. The van der Waals surface area contributed by atoms with E-state index in [-0.39, 0.29) is 23.4 Å². The molecule has 0 aliphatic heterocycles. The fourth-order valence-corrected chi connectivity index (χ4v) is 2.06. The first-order chi connectivity index (χ1) is 8.50. The van der Waals surface area contributed by atoms with Gasteiger partial charge in [-0.2, -0.15) is 0 Å². The molecule has 1 aliphatic carbocycles. The van der Waals surface area contributed by atoms with Crippen molar-refractivity contribution in [3.05, 3.63) is 34.9 Å². The van der Waals surface area contributed by atoms with Gasteiger partial charge in [0.1, 0.15) is 0 Å². The lowest BCUT2D eigenvalue weighted by Gasteiger charge is -2.15. The van der Waals surface area contributed by atoms with Gasteiger partial charge in [-0.3, -0.25) is 4.79 Å². The van der Waals surface area contributed by atoms with E-state index in [2.05, 4.69) is 5.32 Å². The minimum atomic E-state index is -0.986. The smallest absolute Gasteiger partial charge is 0.335 e. The maximum atomic E-state index is 12.1. The van der Waals surface area contributed by atoms with E-state index in [0.29, 0.717) is 11.1 Å². The lowest BCUT2D eigenvalue weighted by molar-refractivity contribution is 0.0695. The highest BCUT2D eigenvalue weighted by atomic mass is 16.4. The summed E-state index contributed by atoms with van der Waals surface area (Å²) in [5, 5.41) is 12.1. The molecule has 1 amide bonds. The van der Waals surface area contributed by atoms with Crippen molar-refractivity contribution in [1.82, 2.24) is 5.32 Å². The van der Waals surface area contributed by atoms with Crippen molar-refractivity contribution >= 4 is 11.9 Å². The molecule has 4 heteroatoms. The summed E-state index contributed by atoms with van der Waals surface area (Å²) in [6.07, 6.45) is 2.03. The molecule has 0 atom stereocenters. The molecule has 1 aromatic rings. The van der Waals surface area contributed by atoms with E-state index in [9.17, 15) is 14.7 Å². The van der Waals surface area contributed by atoms with Crippen molar-refractivity contribution in [2.75, 3.05) is 0 Å². The number of aromatic carboxylic acids is 1. The Labute approximate surface area is 106 Å². The van der Waals surface area contributed by atoms with Crippen LogP contribution in [0, 0.1) is 0 Å². The SMILES string of the molecule is CC(C)c1c(C(=O)O)cccc1C(=O)NC1CC1. The van der Waals surface area contributed by atoms with Crippen LogP contribution in [0.2, 0.25) is 0 Å². The van der Waals surface area contributed by atoms with E-state index in [4.69, 9.17) is 0 Å². The Balaban J connectivity index is 2.41. The van der Waals surface area contributed by atoms with E-state index < -0.39 is 5.97 Å². The van der Waals surface area contributed by atoms with Crippen molar-refractivity contribution in [3.8, 4) is 0 Å². The summed E-state index contributed by atoms with van der Waals surface area (Å²) in [5.74, 6) is -1.15. The first-order valence-electron chi connectivity index (χ1n) is 6.17. The Morgan fingerprint density at radius 1 is 1.28 bits per heavy atom. The Hall–Kier alpha value is -1.84. The lowest BCUT2D eigenvalue weighted by Crippen LogP contribution is -2.27. The van der Waals surface area contributed by atoms with Crippen LogP contribution < -0.4 is 5.32 Å².